The van der Waals surface area contributed by atoms with Crippen molar-refractivity contribution < 1.29 is 13.2 Å². The number of anilines is 1. The third-order valence-electron chi connectivity index (χ3n) is 3.99. The molecule has 1 heterocycles. The number of benzene rings is 2. The molecule has 0 bridgehead atoms. The van der Waals surface area contributed by atoms with Crippen LogP contribution in [0.2, 0.25) is 0 Å². The van der Waals surface area contributed by atoms with E-state index in [4.69, 9.17) is 0 Å². The Balaban J connectivity index is 1.72. The van der Waals surface area contributed by atoms with Gasteiger partial charge in [-0.15, -0.1) is 0 Å². The monoisotopic (exact) mass is 381 g/mol. The second-order valence-corrected chi connectivity index (χ2v) is 8.22. The average molecular weight is 381 g/mol. The van der Waals surface area contributed by atoms with Gasteiger partial charge in [-0.2, -0.15) is 0 Å². The lowest BCUT2D eigenvalue weighted by Gasteiger charge is -2.11. The quantitative estimate of drug-likeness (QED) is 0.736. The van der Waals surface area contributed by atoms with E-state index in [9.17, 15) is 13.2 Å². The summed E-state index contributed by atoms with van der Waals surface area (Å²) in [6.07, 6.45) is 1.59. The molecule has 0 saturated heterocycles. The number of rotatable bonds is 5. The highest BCUT2D eigenvalue weighted by atomic mass is 32.2. The molecular formula is C20H19N3O3S. The Labute approximate surface area is 158 Å². The van der Waals surface area contributed by atoms with E-state index in [2.05, 4.69) is 10.3 Å². The van der Waals surface area contributed by atoms with Crippen LogP contribution in [0.5, 0.6) is 0 Å². The molecule has 0 aliphatic rings. The van der Waals surface area contributed by atoms with Gasteiger partial charge in [0.2, 0.25) is 10.0 Å². The Morgan fingerprint density at radius 2 is 1.59 bits per heavy atom. The number of pyridine rings is 1. The van der Waals surface area contributed by atoms with Gasteiger partial charge in [0.1, 0.15) is 0 Å². The molecule has 0 aliphatic carbocycles. The molecule has 1 aromatic heterocycles. The van der Waals surface area contributed by atoms with E-state index in [1.807, 2.05) is 36.4 Å². The lowest BCUT2D eigenvalue weighted by molar-refractivity contribution is 0.102. The first-order valence-corrected chi connectivity index (χ1v) is 9.67. The highest BCUT2D eigenvalue weighted by Gasteiger charge is 2.17. The molecule has 3 rings (SSSR count). The molecule has 138 valence electrons. The summed E-state index contributed by atoms with van der Waals surface area (Å²) < 4.78 is 25.3. The predicted molar refractivity (Wildman–Crippen MR) is 105 cm³/mol. The number of nitrogens with one attached hydrogen (secondary N) is 1. The summed E-state index contributed by atoms with van der Waals surface area (Å²) in [7, 11) is -0.597. The summed E-state index contributed by atoms with van der Waals surface area (Å²) in [6, 6.07) is 19.1. The molecule has 6 nitrogen and oxygen atoms in total. The number of hydrogen-bond donors (Lipinski definition) is 1. The fourth-order valence-corrected chi connectivity index (χ4v) is 3.34. The summed E-state index contributed by atoms with van der Waals surface area (Å²) in [5.74, 6) is -0.335. The molecule has 0 unspecified atom stereocenters. The van der Waals surface area contributed by atoms with Crippen LogP contribution in [0, 0.1) is 0 Å². The average Bonchev–Trinajstić information content (AvgIpc) is 2.69. The lowest BCUT2D eigenvalue weighted by Crippen LogP contribution is -2.22. The first kappa shape index (κ1) is 18.8. The summed E-state index contributed by atoms with van der Waals surface area (Å²) in [6.45, 7) is 0. The number of sulfonamides is 1. The van der Waals surface area contributed by atoms with Gasteiger partial charge in [-0.25, -0.2) is 12.7 Å². The van der Waals surface area contributed by atoms with Crippen molar-refractivity contribution in [3.05, 3.63) is 78.5 Å². The highest BCUT2D eigenvalue weighted by Crippen LogP contribution is 2.19. The van der Waals surface area contributed by atoms with Gasteiger partial charge in [0, 0.05) is 25.2 Å². The minimum absolute atomic E-state index is 0.137. The topological polar surface area (TPSA) is 79.4 Å². The minimum atomic E-state index is -3.52. The fourth-order valence-electron chi connectivity index (χ4n) is 2.44. The predicted octanol–water partition coefficient (Wildman–Crippen LogP) is 3.25. The van der Waals surface area contributed by atoms with Crippen LogP contribution >= 0.6 is 0 Å². The van der Waals surface area contributed by atoms with E-state index >= 15 is 0 Å². The molecule has 7 heteroatoms. The van der Waals surface area contributed by atoms with Gasteiger partial charge in [0.15, 0.2) is 0 Å². The van der Waals surface area contributed by atoms with Crippen molar-refractivity contribution in [3.63, 3.8) is 0 Å². The van der Waals surface area contributed by atoms with Crippen LogP contribution in [0.15, 0.2) is 77.8 Å². The summed E-state index contributed by atoms with van der Waals surface area (Å²) in [5, 5.41) is 2.76. The lowest BCUT2D eigenvalue weighted by atomic mass is 10.1. The van der Waals surface area contributed by atoms with Crippen LogP contribution in [-0.4, -0.2) is 37.7 Å². The van der Waals surface area contributed by atoms with Crippen molar-refractivity contribution in [1.82, 2.24) is 9.29 Å². The Morgan fingerprint density at radius 3 is 2.15 bits per heavy atom. The van der Waals surface area contributed by atoms with E-state index in [1.54, 1.807) is 12.3 Å². The third-order valence-corrected chi connectivity index (χ3v) is 5.82. The van der Waals surface area contributed by atoms with Crippen molar-refractivity contribution in [2.75, 3.05) is 19.4 Å². The van der Waals surface area contributed by atoms with E-state index in [0.717, 1.165) is 15.6 Å². The smallest absolute Gasteiger partial charge is 0.255 e. The Kier molecular flexibility index (Phi) is 5.34. The Hall–Kier alpha value is -3.03. The molecule has 2 aromatic carbocycles. The first-order valence-electron chi connectivity index (χ1n) is 8.23. The van der Waals surface area contributed by atoms with E-state index < -0.39 is 10.0 Å². The molecule has 0 atom stereocenters. The highest BCUT2D eigenvalue weighted by molar-refractivity contribution is 7.89. The van der Waals surface area contributed by atoms with Crippen LogP contribution in [0.25, 0.3) is 11.3 Å². The van der Waals surface area contributed by atoms with Crippen molar-refractivity contribution in [3.8, 4) is 11.3 Å². The normalized spacial score (nSPS) is 11.4. The number of carbonyl (C=O) groups is 1. The van der Waals surface area contributed by atoms with Crippen LogP contribution in [-0.2, 0) is 10.0 Å². The van der Waals surface area contributed by atoms with Gasteiger partial charge < -0.3 is 5.32 Å². The standard InChI is InChI=1S/C20H19N3O3S/c1-23(2)27(25,26)18-11-8-16(9-12-18)20(24)22-17-10-13-19(21-14-17)15-6-4-3-5-7-15/h3-14H,1-2H3,(H,22,24). The maximum Gasteiger partial charge on any atom is 0.255 e. The van der Waals surface area contributed by atoms with E-state index in [-0.39, 0.29) is 10.8 Å². The number of amides is 1. The van der Waals surface area contributed by atoms with Crippen molar-refractivity contribution in [2.45, 2.75) is 4.90 Å². The van der Waals surface area contributed by atoms with Gasteiger partial charge in [0.25, 0.3) is 5.91 Å². The van der Waals surface area contributed by atoms with Crippen molar-refractivity contribution in [1.29, 1.82) is 0 Å². The van der Waals surface area contributed by atoms with Gasteiger partial charge in [-0.1, -0.05) is 30.3 Å². The molecule has 0 fully saturated rings. The Bertz CT molecular complexity index is 1030. The van der Waals surface area contributed by atoms with Crippen molar-refractivity contribution in [2.24, 2.45) is 0 Å². The van der Waals surface area contributed by atoms with E-state index in [1.165, 1.54) is 38.4 Å². The number of carbonyl (C=O) groups excluding carboxylic acids is 1. The first-order chi connectivity index (χ1) is 12.9. The van der Waals surface area contributed by atoms with Crippen LogP contribution in [0.4, 0.5) is 5.69 Å². The van der Waals surface area contributed by atoms with Crippen LogP contribution in [0.3, 0.4) is 0 Å². The largest absolute Gasteiger partial charge is 0.321 e. The Morgan fingerprint density at radius 1 is 0.926 bits per heavy atom. The summed E-state index contributed by atoms with van der Waals surface area (Å²) in [4.78, 5) is 16.9. The molecular weight excluding hydrogens is 362 g/mol. The minimum Gasteiger partial charge on any atom is -0.321 e. The van der Waals surface area contributed by atoms with Gasteiger partial charge in [-0.05, 0) is 36.4 Å². The number of nitrogens with zero attached hydrogens (tertiary/aromatic N) is 2. The zero-order valence-corrected chi connectivity index (χ0v) is 15.8. The van der Waals surface area contributed by atoms with Gasteiger partial charge >= 0.3 is 0 Å². The molecule has 27 heavy (non-hydrogen) atoms. The zero-order valence-electron chi connectivity index (χ0n) is 15.0. The second kappa shape index (κ2) is 7.69. The molecule has 0 spiro atoms. The SMILES string of the molecule is CN(C)S(=O)(=O)c1ccc(C(=O)Nc2ccc(-c3ccccc3)nc2)cc1. The summed E-state index contributed by atoms with van der Waals surface area (Å²) in [5.41, 5.74) is 2.73. The van der Waals surface area contributed by atoms with E-state index in [0.29, 0.717) is 11.3 Å². The van der Waals surface area contributed by atoms with Gasteiger partial charge in [-0.3, -0.25) is 9.78 Å². The zero-order chi connectivity index (χ0) is 19.4. The molecule has 0 saturated carbocycles. The molecule has 1 N–H and O–H groups in total. The maximum atomic E-state index is 12.4. The molecule has 1 amide bonds. The third kappa shape index (κ3) is 4.21. The summed E-state index contributed by atoms with van der Waals surface area (Å²) >= 11 is 0. The van der Waals surface area contributed by atoms with Crippen LogP contribution in [0.1, 0.15) is 10.4 Å². The number of hydrogen-bond acceptors (Lipinski definition) is 4. The van der Waals surface area contributed by atoms with Crippen molar-refractivity contribution >= 4 is 21.6 Å². The molecule has 0 aliphatic heterocycles. The van der Waals surface area contributed by atoms with Crippen LogP contribution < -0.4 is 5.32 Å². The molecule has 0 radical (unpaired) electrons. The maximum absolute atomic E-state index is 12.4. The second-order valence-electron chi connectivity index (χ2n) is 6.06. The van der Waals surface area contributed by atoms with Gasteiger partial charge in [0.05, 0.1) is 22.5 Å². The number of aromatic nitrogens is 1. The molecule has 3 aromatic rings. The fraction of sp³-hybridized carbons (Fsp3) is 0.100.